The van der Waals surface area contributed by atoms with Gasteiger partial charge in [0.2, 0.25) is 0 Å². The minimum atomic E-state index is -5.20. The second-order valence-corrected chi connectivity index (χ2v) is 3.26. The van der Waals surface area contributed by atoms with Crippen LogP contribution in [0.25, 0.3) is 10.4 Å². The first-order valence-corrected chi connectivity index (χ1v) is 4.48. The molecule has 20 heavy (non-hydrogen) atoms. The Labute approximate surface area is 106 Å². The van der Waals surface area contributed by atoms with E-state index in [0.717, 1.165) is 0 Å². The van der Waals surface area contributed by atoms with E-state index in [-0.39, 0.29) is 6.07 Å². The molecule has 10 nitrogen and oxygen atoms in total. The number of rotatable bonds is 3. The van der Waals surface area contributed by atoms with Gasteiger partial charge < -0.3 is 5.73 Å². The zero-order valence-electron chi connectivity index (χ0n) is 9.16. The van der Waals surface area contributed by atoms with Crippen LogP contribution >= 0.6 is 0 Å². The maximum absolute atomic E-state index is 12.7. The van der Waals surface area contributed by atoms with Crippen molar-refractivity contribution in [1.29, 1.82) is 0 Å². The lowest BCUT2D eigenvalue weighted by molar-refractivity contribution is -0.392. The van der Waals surface area contributed by atoms with E-state index in [4.69, 9.17) is 11.3 Å². The normalized spacial score (nSPS) is 10.8. The van der Waals surface area contributed by atoms with Crippen molar-refractivity contribution in [3.05, 3.63) is 42.3 Å². The minimum Gasteiger partial charge on any atom is -0.387 e. The molecule has 13 heteroatoms. The van der Waals surface area contributed by atoms with Crippen molar-refractivity contribution in [2.45, 2.75) is 6.18 Å². The van der Waals surface area contributed by atoms with Gasteiger partial charge in [0.1, 0.15) is 5.69 Å². The third-order valence-corrected chi connectivity index (χ3v) is 2.12. The summed E-state index contributed by atoms with van der Waals surface area (Å²) in [7, 11) is 0. The standard InChI is InChI=1S/C7H3F3N6O4/c8-7(9,10)2-1-3(15(17)18)4(11)6(16(19)20)5(2)13-14-12/h1H,11H2. The third-order valence-electron chi connectivity index (χ3n) is 2.12. The Balaban J connectivity index is 3.97. The van der Waals surface area contributed by atoms with Gasteiger partial charge in [0, 0.05) is 11.0 Å². The fourth-order valence-corrected chi connectivity index (χ4v) is 1.36. The summed E-state index contributed by atoms with van der Waals surface area (Å²) in [5.41, 5.74) is 6.13. The summed E-state index contributed by atoms with van der Waals surface area (Å²) in [6.45, 7) is 0. The zero-order valence-corrected chi connectivity index (χ0v) is 9.16. The molecule has 0 atom stereocenters. The van der Waals surface area contributed by atoms with Crippen molar-refractivity contribution in [1.82, 2.24) is 0 Å². The van der Waals surface area contributed by atoms with Crippen molar-refractivity contribution in [3.8, 4) is 0 Å². The van der Waals surface area contributed by atoms with Crippen LogP contribution in [0.3, 0.4) is 0 Å². The number of azide groups is 1. The molecule has 0 aliphatic carbocycles. The molecule has 0 aliphatic heterocycles. The molecule has 106 valence electrons. The SMILES string of the molecule is [N-]=[N+]=Nc1c(C(F)(F)F)cc([N+](=O)[O-])c(N)c1[N+](=O)[O-]. The number of nitrogens with two attached hydrogens (primary N) is 1. The molecule has 0 aromatic heterocycles. The van der Waals surface area contributed by atoms with Crippen molar-refractivity contribution in [2.75, 3.05) is 5.73 Å². The summed E-state index contributed by atoms with van der Waals surface area (Å²) in [5.74, 6) is 0. The average Bonchev–Trinajstić information content (AvgIpc) is 2.26. The summed E-state index contributed by atoms with van der Waals surface area (Å²) < 4.78 is 38.2. The molecule has 0 bridgehead atoms. The van der Waals surface area contributed by atoms with E-state index in [2.05, 4.69) is 5.11 Å². The van der Waals surface area contributed by atoms with Crippen LogP contribution in [-0.4, -0.2) is 9.85 Å². The zero-order chi connectivity index (χ0) is 15.7. The van der Waals surface area contributed by atoms with Crippen LogP contribution in [0.1, 0.15) is 5.56 Å². The van der Waals surface area contributed by atoms with Crippen LogP contribution < -0.4 is 5.73 Å². The molecule has 0 amide bonds. The molecule has 1 aromatic carbocycles. The molecule has 0 unspecified atom stereocenters. The third kappa shape index (κ3) is 2.51. The highest BCUT2D eigenvalue weighted by atomic mass is 19.4. The molecule has 0 saturated carbocycles. The number of nitro benzene ring substituents is 2. The van der Waals surface area contributed by atoms with Gasteiger partial charge in [-0.1, -0.05) is 5.11 Å². The first-order valence-electron chi connectivity index (χ1n) is 4.48. The molecule has 0 saturated heterocycles. The average molecular weight is 292 g/mol. The van der Waals surface area contributed by atoms with Crippen LogP contribution in [0, 0.1) is 20.2 Å². The maximum atomic E-state index is 12.7. The highest BCUT2D eigenvalue weighted by molar-refractivity contribution is 5.83. The van der Waals surface area contributed by atoms with E-state index in [1.165, 1.54) is 0 Å². The number of anilines is 1. The fourth-order valence-electron chi connectivity index (χ4n) is 1.36. The Morgan fingerprint density at radius 3 is 2.20 bits per heavy atom. The number of halogens is 3. The maximum Gasteiger partial charge on any atom is 0.417 e. The highest BCUT2D eigenvalue weighted by Crippen LogP contribution is 2.48. The molecule has 0 spiro atoms. The van der Waals surface area contributed by atoms with Crippen molar-refractivity contribution < 1.29 is 23.0 Å². The molecule has 0 radical (unpaired) electrons. The number of nitro groups is 2. The van der Waals surface area contributed by atoms with Crippen molar-refractivity contribution >= 4 is 22.7 Å². The topological polar surface area (TPSA) is 161 Å². The second kappa shape index (κ2) is 4.89. The molecule has 1 aromatic rings. The molecule has 0 aliphatic rings. The van der Waals surface area contributed by atoms with Gasteiger partial charge in [-0.2, -0.15) is 13.2 Å². The number of benzene rings is 1. The van der Waals surface area contributed by atoms with Crippen LogP contribution in [0.5, 0.6) is 0 Å². The molecule has 0 fully saturated rings. The lowest BCUT2D eigenvalue weighted by Gasteiger charge is -2.11. The van der Waals surface area contributed by atoms with Crippen molar-refractivity contribution in [2.24, 2.45) is 5.11 Å². The van der Waals surface area contributed by atoms with Crippen molar-refractivity contribution in [3.63, 3.8) is 0 Å². The molecule has 2 N–H and O–H groups in total. The van der Waals surface area contributed by atoms with Gasteiger partial charge in [0.25, 0.3) is 5.69 Å². The Morgan fingerprint density at radius 2 is 1.85 bits per heavy atom. The van der Waals surface area contributed by atoms with Crippen LogP contribution in [0.15, 0.2) is 11.2 Å². The first kappa shape index (κ1) is 15.0. The van der Waals surface area contributed by atoms with Crippen LogP contribution in [0.4, 0.5) is 35.9 Å². The van der Waals surface area contributed by atoms with E-state index in [1.54, 1.807) is 0 Å². The quantitative estimate of drug-likeness (QED) is 0.226. The molecule has 0 heterocycles. The number of nitrogens with zero attached hydrogens (tertiary/aromatic N) is 5. The summed E-state index contributed by atoms with van der Waals surface area (Å²) in [4.78, 5) is 20.6. The van der Waals surface area contributed by atoms with E-state index in [9.17, 15) is 33.4 Å². The number of nitrogen functional groups attached to an aromatic ring is 1. The smallest absolute Gasteiger partial charge is 0.387 e. The monoisotopic (exact) mass is 292 g/mol. The molecule has 1 rings (SSSR count). The Morgan fingerprint density at radius 1 is 1.30 bits per heavy atom. The lowest BCUT2D eigenvalue weighted by Crippen LogP contribution is -2.10. The Kier molecular flexibility index (Phi) is 3.66. The van der Waals surface area contributed by atoms with E-state index in [0.29, 0.717) is 0 Å². The summed E-state index contributed by atoms with van der Waals surface area (Å²) in [6, 6.07) is -0.0215. The number of alkyl halides is 3. The lowest BCUT2D eigenvalue weighted by atomic mass is 10.1. The Bertz CT molecular complexity index is 651. The number of hydrogen-bond donors (Lipinski definition) is 1. The van der Waals surface area contributed by atoms with Gasteiger partial charge >= 0.3 is 11.9 Å². The van der Waals surface area contributed by atoms with Gasteiger partial charge in [-0.15, -0.1) is 0 Å². The minimum absolute atomic E-state index is 0.0215. The van der Waals surface area contributed by atoms with Gasteiger partial charge in [-0.3, -0.25) is 20.2 Å². The first-order chi connectivity index (χ1) is 9.11. The molecular formula is C7H3F3N6O4. The van der Waals surface area contributed by atoms with E-state index in [1.807, 2.05) is 4.91 Å². The van der Waals surface area contributed by atoms with Crippen LogP contribution in [0.2, 0.25) is 0 Å². The van der Waals surface area contributed by atoms with Crippen LogP contribution in [-0.2, 0) is 6.18 Å². The van der Waals surface area contributed by atoms with Gasteiger partial charge in [0.15, 0.2) is 5.69 Å². The number of hydrogen-bond acceptors (Lipinski definition) is 6. The van der Waals surface area contributed by atoms with Gasteiger partial charge in [0.05, 0.1) is 15.4 Å². The fraction of sp³-hybridized carbons (Fsp3) is 0.143. The van der Waals surface area contributed by atoms with Gasteiger partial charge in [-0.25, -0.2) is 0 Å². The summed E-state index contributed by atoms with van der Waals surface area (Å²) in [5, 5.41) is 23.9. The predicted octanol–water partition coefficient (Wildman–Crippen LogP) is 3.05. The highest BCUT2D eigenvalue weighted by Gasteiger charge is 2.41. The summed E-state index contributed by atoms with van der Waals surface area (Å²) in [6.07, 6.45) is -5.20. The molecular weight excluding hydrogens is 289 g/mol. The van der Waals surface area contributed by atoms with E-state index >= 15 is 0 Å². The largest absolute Gasteiger partial charge is 0.417 e. The second-order valence-electron chi connectivity index (χ2n) is 3.26. The van der Waals surface area contributed by atoms with Gasteiger partial charge in [-0.05, 0) is 5.53 Å². The Hall–Kier alpha value is -3.08. The summed E-state index contributed by atoms with van der Waals surface area (Å²) >= 11 is 0. The van der Waals surface area contributed by atoms with E-state index < -0.39 is 44.3 Å². The predicted molar refractivity (Wildman–Crippen MR) is 58.0 cm³/mol.